The zero-order valence-corrected chi connectivity index (χ0v) is 13.8. The number of aromatic nitrogens is 2. The molecule has 1 fully saturated rings. The molecule has 6 nitrogen and oxygen atoms in total. The number of rotatable bonds is 7. The summed E-state index contributed by atoms with van der Waals surface area (Å²) in [5, 5.41) is 16.9. The van der Waals surface area contributed by atoms with Crippen molar-refractivity contribution >= 4 is 11.7 Å². The van der Waals surface area contributed by atoms with Gasteiger partial charge in [-0.25, -0.2) is 4.68 Å². The summed E-state index contributed by atoms with van der Waals surface area (Å²) in [5.41, 5.74) is 0. The van der Waals surface area contributed by atoms with Crippen molar-refractivity contribution in [1.82, 2.24) is 14.7 Å². The Labute approximate surface area is 132 Å². The van der Waals surface area contributed by atoms with Gasteiger partial charge in [-0.2, -0.15) is 5.10 Å². The van der Waals surface area contributed by atoms with E-state index in [1.54, 1.807) is 13.1 Å². The molecule has 1 atom stereocenters. The molecule has 0 bridgehead atoms. The molecule has 1 unspecified atom stereocenters. The number of amides is 1. The number of carbonyl (C=O) groups is 1. The van der Waals surface area contributed by atoms with E-state index in [0.717, 1.165) is 18.7 Å². The van der Waals surface area contributed by atoms with Gasteiger partial charge in [0.15, 0.2) is 0 Å². The van der Waals surface area contributed by atoms with Gasteiger partial charge in [0.1, 0.15) is 5.82 Å². The topological polar surface area (TPSA) is 70.4 Å². The van der Waals surface area contributed by atoms with Crippen molar-refractivity contribution < 1.29 is 9.90 Å². The molecular formula is C16H28N4O2. The van der Waals surface area contributed by atoms with Crippen LogP contribution in [-0.4, -0.2) is 50.9 Å². The number of nitrogens with one attached hydrogen (secondary N) is 1. The summed E-state index contributed by atoms with van der Waals surface area (Å²) >= 11 is 0. The quantitative estimate of drug-likeness (QED) is 0.808. The second kappa shape index (κ2) is 7.74. The molecule has 1 aliphatic carbocycles. The second-order valence-corrected chi connectivity index (χ2v) is 6.52. The maximum Gasteiger partial charge on any atom is 0.239 e. The summed E-state index contributed by atoms with van der Waals surface area (Å²) in [7, 11) is 0. The molecule has 0 spiro atoms. The van der Waals surface area contributed by atoms with Gasteiger partial charge in [0.05, 0.1) is 24.9 Å². The van der Waals surface area contributed by atoms with Gasteiger partial charge in [-0.1, -0.05) is 12.8 Å². The van der Waals surface area contributed by atoms with E-state index in [2.05, 4.69) is 10.4 Å². The number of aliphatic hydroxyl groups is 1. The van der Waals surface area contributed by atoms with Gasteiger partial charge in [-0.15, -0.1) is 0 Å². The lowest BCUT2D eigenvalue weighted by molar-refractivity contribution is -0.118. The Kier molecular flexibility index (Phi) is 5.97. The molecule has 1 aromatic rings. The lowest BCUT2D eigenvalue weighted by Gasteiger charge is -2.27. The molecule has 1 heterocycles. The van der Waals surface area contributed by atoms with Gasteiger partial charge in [0, 0.05) is 18.7 Å². The molecular weight excluding hydrogens is 280 g/mol. The van der Waals surface area contributed by atoms with E-state index in [1.165, 1.54) is 12.8 Å². The summed E-state index contributed by atoms with van der Waals surface area (Å²) in [6.45, 7) is 6.56. The van der Waals surface area contributed by atoms with Gasteiger partial charge in [-0.05, 0) is 33.6 Å². The molecule has 0 aromatic carbocycles. The minimum Gasteiger partial charge on any atom is -0.392 e. The smallest absolute Gasteiger partial charge is 0.239 e. The average Bonchev–Trinajstić information content (AvgIpc) is 3.07. The van der Waals surface area contributed by atoms with Gasteiger partial charge < -0.3 is 10.4 Å². The maximum atomic E-state index is 12.3. The van der Waals surface area contributed by atoms with Crippen LogP contribution in [0.25, 0.3) is 0 Å². The number of aliphatic hydroxyl groups excluding tert-OH is 1. The molecule has 0 radical (unpaired) electrons. The van der Waals surface area contributed by atoms with Gasteiger partial charge in [0.25, 0.3) is 0 Å². The first-order valence-electron chi connectivity index (χ1n) is 8.23. The van der Waals surface area contributed by atoms with E-state index in [4.69, 9.17) is 0 Å². The minimum atomic E-state index is -0.445. The zero-order chi connectivity index (χ0) is 16.1. The lowest BCUT2D eigenvalue weighted by atomic mass is 10.2. The van der Waals surface area contributed by atoms with Crippen LogP contribution in [0.4, 0.5) is 5.82 Å². The Balaban J connectivity index is 1.95. The van der Waals surface area contributed by atoms with Crippen LogP contribution in [0.3, 0.4) is 0 Å². The van der Waals surface area contributed by atoms with E-state index in [0.29, 0.717) is 12.6 Å². The van der Waals surface area contributed by atoms with Crippen LogP contribution in [0.2, 0.25) is 0 Å². The molecule has 0 saturated heterocycles. The van der Waals surface area contributed by atoms with E-state index in [-0.39, 0.29) is 18.5 Å². The van der Waals surface area contributed by atoms with Crippen molar-refractivity contribution in [3.63, 3.8) is 0 Å². The SMILES string of the molecule is CC(O)CN(CC(=O)Nc1ccnn1C1CCCC1)C(C)C. The highest BCUT2D eigenvalue weighted by atomic mass is 16.3. The number of hydrogen-bond donors (Lipinski definition) is 2. The standard InChI is InChI=1S/C16H28N4O2/c1-12(2)19(10-13(3)21)11-16(22)18-15-8-9-17-20(15)14-6-4-5-7-14/h8-9,12-14,21H,4-7,10-11H2,1-3H3,(H,18,22). The van der Waals surface area contributed by atoms with Crippen molar-refractivity contribution in [2.75, 3.05) is 18.4 Å². The van der Waals surface area contributed by atoms with E-state index < -0.39 is 6.10 Å². The van der Waals surface area contributed by atoms with Crippen molar-refractivity contribution in [3.05, 3.63) is 12.3 Å². The summed E-state index contributed by atoms with van der Waals surface area (Å²) in [4.78, 5) is 14.3. The van der Waals surface area contributed by atoms with Crippen LogP contribution in [0.1, 0.15) is 52.5 Å². The molecule has 1 aromatic heterocycles. The molecule has 2 N–H and O–H groups in total. The fourth-order valence-corrected chi connectivity index (χ4v) is 3.02. The van der Waals surface area contributed by atoms with E-state index in [9.17, 15) is 9.90 Å². The van der Waals surface area contributed by atoms with Gasteiger partial charge in [0.2, 0.25) is 5.91 Å². The summed E-state index contributed by atoms with van der Waals surface area (Å²) in [6, 6.07) is 2.47. The van der Waals surface area contributed by atoms with E-state index >= 15 is 0 Å². The molecule has 6 heteroatoms. The maximum absolute atomic E-state index is 12.3. The third-order valence-electron chi connectivity index (χ3n) is 4.18. The normalized spacial score (nSPS) is 17.4. The molecule has 2 rings (SSSR count). The Hall–Kier alpha value is -1.40. The van der Waals surface area contributed by atoms with Crippen LogP contribution in [0.5, 0.6) is 0 Å². The van der Waals surface area contributed by atoms with Crippen molar-refractivity contribution in [2.45, 2.75) is 64.6 Å². The Morgan fingerprint density at radius 1 is 1.45 bits per heavy atom. The molecule has 22 heavy (non-hydrogen) atoms. The Morgan fingerprint density at radius 2 is 2.14 bits per heavy atom. The molecule has 1 saturated carbocycles. The first-order chi connectivity index (χ1) is 10.5. The first kappa shape index (κ1) is 17.0. The monoisotopic (exact) mass is 308 g/mol. The highest BCUT2D eigenvalue weighted by Gasteiger charge is 2.21. The summed E-state index contributed by atoms with van der Waals surface area (Å²) < 4.78 is 1.94. The Bertz CT molecular complexity index is 478. The van der Waals surface area contributed by atoms with Crippen molar-refractivity contribution in [2.24, 2.45) is 0 Å². The highest BCUT2D eigenvalue weighted by molar-refractivity contribution is 5.91. The number of nitrogens with zero attached hydrogens (tertiary/aromatic N) is 3. The zero-order valence-electron chi connectivity index (χ0n) is 13.8. The molecule has 0 aliphatic heterocycles. The molecule has 1 aliphatic rings. The van der Waals surface area contributed by atoms with Crippen LogP contribution >= 0.6 is 0 Å². The molecule has 124 valence electrons. The van der Waals surface area contributed by atoms with Crippen LogP contribution in [0.15, 0.2) is 12.3 Å². The number of carbonyl (C=O) groups excluding carboxylic acids is 1. The lowest BCUT2D eigenvalue weighted by Crippen LogP contribution is -2.42. The predicted molar refractivity (Wildman–Crippen MR) is 86.8 cm³/mol. The average molecular weight is 308 g/mol. The fraction of sp³-hybridized carbons (Fsp3) is 0.750. The fourth-order valence-electron chi connectivity index (χ4n) is 3.02. The number of anilines is 1. The van der Waals surface area contributed by atoms with Gasteiger partial charge >= 0.3 is 0 Å². The van der Waals surface area contributed by atoms with Crippen LogP contribution in [0, 0.1) is 0 Å². The van der Waals surface area contributed by atoms with E-state index in [1.807, 2.05) is 29.5 Å². The predicted octanol–water partition coefficient (Wildman–Crippen LogP) is 2.03. The third kappa shape index (κ3) is 4.55. The molecule has 1 amide bonds. The first-order valence-corrected chi connectivity index (χ1v) is 8.23. The largest absolute Gasteiger partial charge is 0.392 e. The highest BCUT2D eigenvalue weighted by Crippen LogP contribution is 2.31. The minimum absolute atomic E-state index is 0.0610. The van der Waals surface area contributed by atoms with Gasteiger partial charge in [-0.3, -0.25) is 9.69 Å². The van der Waals surface area contributed by atoms with Crippen LogP contribution in [-0.2, 0) is 4.79 Å². The van der Waals surface area contributed by atoms with Crippen molar-refractivity contribution in [1.29, 1.82) is 0 Å². The van der Waals surface area contributed by atoms with Crippen LogP contribution < -0.4 is 5.32 Å². The number of hydrogen-bond acceptors (Lipinski definition) is 4. The van der Waals surface area contributed by atoms with Crippen molar-refractivity contribution in [3.8, 4) is 0 Å². The summed E-state index contributed by atoms with van der Waals surface area (Å²) in [5.74, 6) is 0.715. The third-order valence-corrected chi connectivity index (χ3v) is 4.18. The summed E-state index contributed by atoms with van der Waals surface area (Å²) in [6.07, 6.45) is 6.01. The Morgan fingerprint density at radius 3 is 2.73 bits per heavy atom. The second-order valence-electron chi connectivity index (χ2n) is 6.52.